The smallest absolute Gasteiger partial charge is 0.245 e. The minimum absolute atomic E-state index is 0.0729. The minimum atomic E-state index is -0.0763. The number of Topliss-reactive ketones (excluding diaryl/α,β-unsaturated/α-hetero) is 1. The quantitative estimate of drug-likeness (QED) is 0.316. The molecule has 0 spiro atoms. The standard InChI is InChI=1S/C28H36ClN5O2/c1-8-26(36)33-14-18(15-33)11-24(35)27-17(4)30-25(34(27)16(2)3)10-9-22-19-12-20(28(5,6)7)21(29)13-23(19)32-31-22/h8,12-13,16,18H,1,9-11,14-15H2,2-7H3,(H,31,32). The number of aromatic nitrogens is 4. The molecular formula is C28H36ClN5O2. The number of nitrogens with one attached hydrogen (secondary N) is 1. The zero-order valence-electron chi connectivity index (χ0n) is 22.1. The van der Waals surface area contributed by atoms with Gasteiger partial charge in [-0.05, 0) is 56.4 Å². The lowest BCUT2D eigenvalue weighted by molar-refractivity contribution is -0.132. The number of rotatable bonds is 8. The van der Waals surface area contributed by atoms with E-state index in [1.54, 1.807) is 4.90 Å². The van der Waals surface area contributed by atoms with Gasteiger partial charge < -0.3 is 9.47 Å². The first-order chi connectivity index (χ1) is 16.9. The number of imidazole rings is 1. The molecule has 1 aromatic carbocycles. The number of carbonyl (C=O) groups excluding carboxylic acids is 2. The number of carbonyl (C=O) groups is 2. The van der Waals surface area contributed by atoms with Crippen molar-refractivity contribution in [1.82, 2.24) is 24.6 Å². The average Bonchev–Trinajstić information content (AvgIpc) is 3.32. The summed E-state index contributed by atoms with van der Waals surface area (Å²) in [6.07, 6.45) is 3.15. The zero-order chi connectivity index (χ0) is 26.4. The number of amides is 1. The first-order valence-electron chi connectivity index (χ1n) is 12.6. The predicted octanol–water partition coefficient (Wildman–Crippen LogP) is 5.60. The van der Waals surface area contributed by atoms with E-state index in [0.29, 0.717) is 31.6 Å². The summed E-state index contributed by atoms with van der Waals surface area (Å²) in [5.41, 5.74) is 4.36. The second kappa shape index (κ2) is 9.85. The molecule has 1 aliphatic rings. The van der Waals surface area contributed by atoms with Crippen molar-refractivity contribution in [3.8, 4) is 0 Å². The number of ketones is 1. The van der Waals surface area contributed by atoms with Crippen LogP contribution in [-0.2, 0) is 23.1 Å². The Morgan fingerprint density at radius 2 is 1.94 bits per heavy atom. The van der Waals surface area contributed by atoms with Gasteiger partial charge in [0.25, 0.3) is 0 Å². The summed E-state index contributed by atoms with van der Waals surface area (Å²) in [5.74, 6) is 1.09. The van der Waals surface area contributed by atoms with E-state index in [4.69, 9.17) is 16.6 Å². The molecule has 0 bridgehead atoms. The Hall–Kier alpha value is -2.93. The van der Waals surface area contributed by atoms with Gasteiger partial charge in [0.1, 0.15) is 11.5 Å². The van der Waals surface area contributed by atoms with Crippen molar-refractivity contribution in [2.45, 2.75) is 72.3 Å². The molecule has 0 saturated carbocycles. The molecule has 8 heteroatoms. The maximum absolute atomic E-state index is 13.3. The third-order valence-corrected chi connectivity index (χ3v) is 7.30. The third-order valence-electron chi connectivity index (χ3n) is 6.98. The molecule has 1 amide bonds. The van der Waals surface area contributed by atoms with Gasteiger partial charge in [0.05, 0.1) is 11.2 Å². The number of nitrogens with zero attached hydrogens (tertiary/aromatic N) is 4. The lowest BCUT2D eigenvalue weighted by atomic mass is 9.86. The van der Waals surface area contributed by atoms with E-state index in [9.17, 15) is 9.59 Å². The fourth-order valence-electron chi connectivity index (χ4n) is 5.13. The number of benzene rings is 1. The molecule has 0 unspecified atom stereocenters. The Kier molecular flexibility index (Phi) is 7.15. The van der Waals surface area contributed by atoms with Gasteiger partial charge in [0, 0.05) is 54.0 Å². The maximum Gasteiger partial charge on any atom is 0.245 e. The summed E-state index contributed by atoms with van der Waals surface area (Å²) in [6, 6.07) is 4.17. The molecule has 0 aliphatic carbocycles. The van der Waals surface area contributed by atoms with E-state index >= 15 is 0 Å². The van der Waals surface area contributed by atoms with Crippen molar-refractivity contribution in [2.75, 3.05) is 13.1 Å². The molecule has 1 fully saturated rings. The fourth-order valence-corrected chi connectivity index (χ4v) is 5.57. The second-order valence-corrected chi connectivity index (χ2v) is 11.6. The van der Waals surface area contributed by atoms with E-state index in [-0.39, 0.29) is 29.1 Å². The Balaban J connectivity index is 1.54. The highest BCUT2D eigenvalue weighted by Crippen LogP contribution is 2.34. The van der Waals surface area contributed by atoms with Gasteiger partial charge in [0.15, 0.2) is 5.78 Å². The van der Waals surface area contributed by atoms with E-state index in [0.717, 1.165) is 45.1 Å². The molecule has 0 atom stereocenters. The van der Waals surface area contributed by atoms with Crippen molar-refractivity contribution < 1.29 is 9.59 Å². The molecule has 1 N–H and O–H groups in total. The second-order valence-electron chi connectivity index (χ2n) is 11.2. The van der Waals surface area contributed by atoms with Gasteiger partial charge in [-0.1, -0.05) is 39.0 Å². The molecule has 7 nitrogen and oxygen atoms in total. The Bertz CT molecular complexity index is 1320. The van der Waals surface area contributed by atoms with E-state index < -0.39 is 0 Å². The summed E-state index contributed by atoms with van der Waals surface area (Å²) in [6.45, 7) is 17.3. The van der Waals surface area contributed by atoms with Gasteiger partial charge in [-0.25, -0.2) is 4.98 Å². The van der Waals surface area contributed by atoms with Crippen LogP contribution in [0.2, 0.25) is 5.02 Å². The molecule has 192 valence electrons. The van der Waals surface area contributed by atoms with Gasteiger partial charge in [0.2, 0.25) is 5.91 Å². The van der Waals surface area contributed by atoms with Crippen molar-refractivity contribution in [2.24, 2.45) is 5.92 Å². The molecular weight excluding hydrogens is 474 g/mol. The van der Waals surface area contributed by atoms with Crippen LogP contribution in [0.4, 0.5) is 0 Å². The summed E-state index contributed by atoms with van der Waals surface area (Å²) < 4.78 is 2.08. The maximum atomic E-state index is 13.3. The van der Waals surface area contributed by atoms with E-state index in [1.807, 2.05) is 13.0 Å². The van der Waals surface area contributed by atoms with Crippen molar-refractivity contribution in [3.05, 3.63) is 58.3 Å². The Labute approximate surface area is 217 Å². The van der Waals surface area contributed by atoms with Gasteiger partial charge in [-0.15, -0.1) is 0 Å². The topological polar surface area (TPSA) is 83.9 Å². The van der Waals surface area contributed by atoms with Crippen LogP contribution in [0.15, 0.2) is 24.8 Å². The van der Waals surface area contributed by atoms with Crippen molar-refractivity contribution in [1.29, 1.82) is 0 Å². The minimum Gasteiger partial charge on any atom is -0.338 e. The van der Waals surface area contributed by atoms with E-state index in [2.05, 4.69) is 62.0 Å². The zero-order valence-corrected chi connectivity index (χ0v) is 22.9. The van der Waals surface area contributed by atoms with Crippen LogP contribution in [-0.4, -0.2) is 49.4 Å². The van der Waals surface area contributed by atoms with Crippen LogP contribution in [0.1, 0.15) is 80.3 Å². The number of hydrogen-bond acceptors (Lipinski definition) is 4. The number of likely N-dealkylation sites (tertiary alicyclic amines) is 1. The van der Waals surface area contributed by atoms with Crippen LogP contribution in [0, 0.1) is 12.8 Å². The molecule has 3 heterocycles. The highest BCUT2D eigenvalue weighted by Gasteiger charge is 2.33. The molecule has 1 saturated heterocycles. The van der Waals surface area contributed by atoms with E-state index in [1.165, 1.54) is 6.08 Å². The number of halogens is 1. The normalized spacial score (nSPS) is 14.5. The molecule has 3 aromatic rings. The van der Waals surface area contributed by atoms with Crippen molar-refractivity contribution >= 4 is 34.2 Å². The SMILES string of the molecule is C=CC(=O)N1CC(CC(=O)c2c(C)nc(CCc3[nH]nc4cc(Cl)c(C(C)(C)C)cc34)n2C(C)C)C1. The predicted molar refractivity (Wildman–Crippen MR) is 144 cm³/mol. The third kappa shape index (κ3) is 4.99. The van der Waals surface area contributed by atoms with Crippen LogP contribution < -0.4 is 0 Å². The molecule has 36 heavy (non-hydrogen) atoms. The number of aromatic amines is 1. The van der Waals surface area contributed by atoms with Gasteiger partial charge >= 0.3 is 0 Å². The summed E-state index contributed by atoms with van der Waals surface area (Å²) >= 11 is 6.53. The Morgan fingerprint density at radius 3 is 2.56 bits per heavy atom. The van der Waals surface area contributed by atoms with Crippen LogP contribution in [0.25, 0.3) is 10.9 Å². The number of fused-ring (bicyclic) bond motifs is 1. The lowest BCUT2D eigenvalue weighted by Crippen LogP contribution is -2.50. The molecule has 2 aromatic heterocycles. The van der Waals surface area contributed by atoms with Crippen LogP contribution in [0.3, 0.4) is 0 Å². The number of aryl methyl sites for hydroxylation is 3. The van der Waals surface area contributed by atoms with Crippen molar-refractivity contribution in [3.63, 3.8) is 0 Å². The summed E-state index contributed by atoms with van der Waals surface area (Å²) in [4.78, 5) is 31.6. The highest BCUT2D eigenvalue weighted by molar-refractivity contribution is 6.32. The first-order valence-corrected chi connectivity index (χ1v) is 13.0. The highest BCUT2D eigenvalue weighted by atomic mass is 35.5. The monoisotopic (exact) mass is 509 g/mol. The molecule has 0 radical (unpaired) electrons. The number of hydrogen-bond donors (Lipinski definition) is 1. The van der Waals surface area contributed by atoms with Gasteiger partial charge in [-0.2, -0.15) is 5.10 Å². The fraction of sp³-hybridized carbons (Fsp3) is 0.500. The first kappa shape index (κ1) is 26.1. The lowest BCUT2D eigenvalue weighted by Gasteiger charge is -2.38. The average molecular weight is 510 g/mol. The summed E-state index contributed by atoms with van der Waals surface area (Å²) in [5, 5.41) is 9.46. The largest absolute Gasteiger partial charge is 0.338 e. The Morgan fingerprint density at radius 1 is 1.25 bits per heavy atom. The summed E-state index contributed by atoms with van der Waals surface area (Å²) in [7, 11) is 0. The van der Waals surface area contributed by atoms with Gasteiger partial charge in [-0.3, -0.25) is 14.7 Å². The molecule has 1 aliphatic heterocycles. The number of H-pyrrole nitrogens is 1. The molecule has 4 rings (SSSR count). The van der Waals surface area contributed by atoms with Crippen LogP contribution >= 0.6 is 11.6 Å². The van der Waals surface area contributed by atoms with Crippen LogP contribution in [0.5, 0.6) is 0 Å².